The third-order valence-corrected chi connectivity index (χ3v) is 7.15. The number of nitrogens with two attached hydrogens (primary N) is 1. The molecule has 2 fully saturated rings. The van der Waals surface area contributed by atoms with Gasteiger partial charge in [-0.15, -0.1) is 0 Å². The average Bonchev–Trinajstić information content (AvgIpc) is 3.12. The van der Waals surface area contributed by atoms with Gasteiger partial charge in [0, 0.05) is 37.3 Å². The number of amides is 2. The van der Waals surface area contributed by atoms with Gasteiger partial charge in [0.15, 0.2) is 0 Å². The van der Waals surface area contributed by atoms with Crippen molar-refractivity contribution in [1.82, 2.24) is 9.80 Å². The number of hydrogen-bond acceptors (Lipinski definition) is 5. The number of primary amides is 1. The minimum absolute atomic E-state index is 0.281. The molecule has 8 nitrogen and oxygen atoms in total. The third-order valence-electron chi connectivity index (χ3n) is 7.15. The molecule has 0 aromatic heterocycles. The van der Waals surface area contributed by atoms with Gasteiger partial charge in [0.05, 0.1) is 0 Å². The highest BCUT2D eigenvalue weighted by molar-refractivity contribution is 5.92. The lowest BCUT2D eigenvalue weighted by Crippen LogP contribution is -2.47. The molecule has 0 saturated carbocycles. The molecule has 2 unspecified atom stereocenters. The van der Waals surface area contributed by atoms with Crippen molar-refractivity contribution < 1.29 is 42.2 Å². The van der Waals surface area contributed by atoms with E-state index >= 15 is 0 Å². The molecule has 0 radical (unpaired) electrons. The summed E-state index contributed by atoms with van der Waals surface area (Å²) in [5.74, 6) is -3.45. The Morgan fingerprint density at radius 1 is 1.03 bits per heavy atom. The third kappa shape index (κ3) is 8.24. The van der Waals surface area contributed by atoms with Crippen LogP contribution in [0.3, 0.4) is 0 Å². The van der Waals surface area contributed by atoms with Crippen LogP contribution in [0, 0.1) is 5.82 Å². The maximum absolute atomic E-state index is 13.5. The summed E-state index contributed by atoms with van der Waals surface area (Å²) in [7, 11) is 0. The molecule has 4 N–H and O–H groups in total. The Hall–Kier alpha value is -3.51. The number of aliphatic hydroxyl groups is 1. The Labute approximate surface area is 223 Å². The summed E-state index contributed by atoms with van der Waals surface area (Å²) in [4.78, 5) is 36.8. The number of nitrogens with zero attached hydrogens (tertiary/aromatic N) is 2. The topological polar surface area (TPSA) is 124 Å². The van der Waals surface area contributed by atoms with E-state index in [1.54, 1.807) is 23.1 Å². The van der Waals surface area contributed by atoms with Gasteiger partial charge in [-0.3, -0.25) is 14.5 Å². The molecule has 2 atom stereocenters. The molecule has 2 aliphatic rings. The van der Waals surface area contributed by atoms with E-state index in [0.29, 0.717) is 35.7 Å². The molecular weight excluding hydrogens is 522 g/mol. The highest BCUT2D eigenvalue weighted by atomic mass is 19.4. The number of piperidine rings is 1. The first-order chi connectivity index (χ1) is 18.4. The van der Waals surface area contributed by atoms with E-state index in [1.807, 2.05) is 12.1 Å². The molecule has 0 aliphatic carbocycles. The van der Waals surface area contributed by atoms with Crippen molar-refractivity contribution in [3.8, 4) is 0 Å². The van der Waals surface area contributed by atoms with Crippen LogP contribution >= 0.6 is 0 Å². The highest BCUT2D eigenvalue weighted by Crippen LogP contribution is 2.43. The Balaban J connectivity index is 0.000000532. The second-order valence-electron chi connectivity index (χ2n) is 9.69. The van der Waals surface area contributed by atoms with Crippen molar-refractivity contribution in [3.05, 3.63) is 71.0 Å². The van der Waals surface area contributed by atoms with Gasteiger partial charge in [0.2, 0.25) is 11.8 Å². The number of aliphatic hydroxyl groups excluding tert-OH is 1. The van der Waals surface area contributed by atoms with Crippen molar-refractivity contribution in [2.75, 3.05) is 19.7 Å². The normalized spacial score (nSPS) is 20.6. The first kappa shape index (κ1) is 30.0. The fraction of sp³-hybridized carbons (Fsp3) is 0.444. The summed E-state index contributed by atoms with van der Waals surface area (Å²) < 4.78 is 45.3. The lowest BCUT2D eigenvalue weighted by atomic mass is 9.84. The quantitative estimate of drug-likeness (QED) is 0.431. The predicted molar refractivity (Wildman–Crippen MR) is 133 cm³/mol. The molecule has 2 aromatic rings. The van der Waals surface area contributed by atoms with Crippen molar-refractivity contribution in [1.29, 1.82) is 0 Å². The van der Waals surface area contributed by atoms with E-state index in [9.17, 15) is 32.3 Å². The maximum atomic E-state index is 13.5. The smallest absolute Gasteiger partial charge is 0.475 e. The molecule has 2 aliphatic heterocycles. The van der Waals surface area contributed by atoms with Crippen LogP contribution in [0.2, 0.25) is 0 Å². The Morgan fingerprint density at radius 3 is 2.18 bits per heavy atom. The minimum Gasteiger partial charge on any atom is -0.475 e. The fourth-order valence-corrected chi connectivity index (χ4v) is 5.34. The number of halogens is 4. The number of rotatable bonds is 8. The van der Waals surface area contributed by atoms with E-state index in [0.717, 1.165) is 32.2 Å². The molecule has 2 aromatic carbocycles. The van der Waals surface area contributed by atoms with Crippen LogP contribution < -0.4 is 5.73 Å². The van der Waals surface area contributed by atoms with E-state index < -0.39 is 24.7 Å². The second kappa shape index (κ2) is 13.0. The van der Waals surface area contributed by atoms with Crippen LogP contribution in [0.15, 0.2) is 48.5 Å². The van der Waals surface area contributed by atoms with Crippen LogP contribution in [0.1, 0.15) is 53.1 Å². The van der Waals surface area contributed by atoms with E-state index in [-0.39, 0.29) is 18.3 Å². The number of benzene rings is 2. The lowest BCUT2D eigenvalue weighted by molar-refractivity contribution is -0.192. The predicted octanol–water partition coefficient (Wildman–Crippen LogP) is 3.29. The second-order valence-corrected chi connectivity index (χ2v) is 9.69. The lowest BCUT2D eigenvalue weighted by Gasteiger charge is -2.40. The zero-order valence-corrected chi connectivity index (χ0v) is 21.1. The van der Waals surface area contributed by atoms with Crippen molar-refractivity contribution in [2.24, 2.45) is 5.73 Å². The summed E-state index contributed by atoms with van der Waals surface area (Å²) >= 11 is 0. The van der Waals surface area contributed by atoms with Crippen LogP contribution in [0.25, 0.3) is 0 Å². The molecule has 0 spiro atoms. The van der Waals surface area contributed by atoms with E-state index in [1.165, 1.54) is 17.7 Å². The number of carbonyl (C=O) groups is 3. The van der Waals surface area contributed by atoms with Crippen LogP contribution in [0.4, 0.5) is 17.6 Å². The monoisotopic (exact) mass is 553 g/mol. The van der Waals surface area contributed by atoms with E-state index in [2.05, 4.69) is 11.0 Å². The molecular formula is C27H31F4N3O5. The molecule has 212 valence electrons. The first-order valence-electron chi connectivity index (χ1n) is 12.5. The number of alkyl halides is 3. The van der Waals surface area contributed by atoms with Gasteiger partial charge in [0.25, 0.3) is 0 Å². The van der Waals surface area contributed by atoms with Gasteiger partial charge in [-0.25, -0.2) is 9.18 Å². The summed E-state index contributed by atoms with van der Waals surface area (Å²) in [6.45, 7) is 0.943. The van der Waals surface area contributed by atoms with E-state index in [4.69, 9.17) is 15.6 Å². The average molecular weight is 554 g/mol. The Kier molecular flexibility index (Phi) is 10.0. The van der Waals surface area contributed by atoms with Crippen molar-refractivity contribution in [3.63, 3.8) is 0 Å². The zero-order chi connectivity index (χ0) is 28.7. The molecule has 2 heterocycles. The standard InChI is InChI=1S/C25H30FN3O3.C2HF3O2/c26-21-6-1-3-17(11-21)15-28(24(31)16-30)9-10-29-22-7-8-23(29)14-20(13-22)18-4-2-5-19(12-18)25(27)32;3-2(4,5)1(6)7/h1-6,11-12,20,22-23,30H,7-10,13-16H2,(H2,27,32);(H,6,7). The molecule has 2 saturated heterocycles. The zero-order valence-electron chi connectivity index (χ0n) is 21.1. The molecule has 2 amide bonds. The fourth-order valence-electron chi connectivity index (χ4n) is 5.34. The number of fused-ring (bicyclic) bond motifs is 2. The Morgan fingerprint density at radius 2 is 1.64 bits per heavy atom. The van der Waals surface area contributed by atoms with Crippen LogP contribution in [0.5, 0.6) is 0 Å². The van der Waals surface area contributed by atoms with Crippen LogP contribution in [-0.4, -0.2) is 75.8 Å². The van der Waals surface area contributed by atoms with Gasteiger partial charge in [-0.2, -0.15) is 13.2 Å². The number of carbonyl (C=O) groups excluding carboxylic acids is 2. The summed E-state index contributed by atoms with van der Waals surface area (Å²) in [5, 5.41) is 16.5. The Bertz CT molecular complexity index is 1160. The molecule has 12 heteroatoms. The minimum atomic E-state index is -5.08. The van der Waals surface area contributed by atoms with Crippen molar-refractivity contribution >= 4 is 17.8 Å². The van der Waals surface area contributed by atoms with Gasteiger partial charge in [-0.1, -0.05) is 24.3 Å². The highest BCUT2D eigenvalue weighted by Gasteiger charge is 2.41. The summed E-state index contributed by atoms with van der Waals surface area (Å²) in [6, 6.07) is 14.7. The van der Waals surface area contributed by atoms with Gasteiger partial charge >= 0.3 is 12.1 Å². The molecule has 39 heavy (non-hydrogen) atoms. The van der Waals surface area contributed by atoms with Gasteiger partial charge < -0.3 is 20.8 Å². The van der Waals surface area contributed by atoms with Crippen molar-refractivity contribution in [2.45, 2.75) is 56.4 Å². The molecule has 2 bridgehead atoms. The number of hydrogen-bond donors (Lipinski definition) is 3. The number of carboxylic acids is 1. The first-order valence-corrected chi connectivity index (χ1v) is 12.5. The SMILES string of the molecule is NC(=O)c1cccc(C2CC3CCC(C2)N3CCN(Cc2cccc(F)c2)C(=O)CO)c1.O=C(O)C(F)(F)F. The summed E-state index contributed by atoms with van der Waals surface area (Å²) in [5.41, 5.74) is 7.88. The number of aliphatic carboxylic acids is 1. The summed E-state index contributed by atoms with van der Waals surface area (Å²) in [6.07, 6.45) is -0.823. The maximum Gasteiger partial charge on any atom is 0.490 e. The molecule has 4 rings (SSSR count). The largest absolute Gasteiger partial charge is 0.490 e. The van der Waals surface area contributed by atoms with Gasteiger partial charge in [-0.05, 0) is 67.0 Å². The number of carboxylic acid groups (broad SMARTS) is 1. The van der Waals surface area contributed by atoms with Gasteiger partial charge in [0.1, 0.15) is 12.4 Å². The van der Waals surface area contributed by atoms with Crippen LogP contribution in [-0.2, 0) is 16.1 Å².